The third-order valence-electron chi connectivity index (χ3n) is 3.69. The van der Waals surface area contributed by atoms with E-state index in [1.165, 1.54) is 0 Å². The molecule has 1 aliphatic rings. The Morgan fingerprint density at radius 1 is 1.42 bits per heavy atom. The number of fused-ring (bicyclic) bond motifs is 1. The van der Waals surface area contributed by atoms with E-state index >= 15 is 0 Å². The first-order chi connectivity index (χ1) is 9.24. The van der Waals surface area contributed by atoms with E-state index in [4.69, 9.17) is 10.5 Å². The van der Waals surface area contributed by atoms with Gasteiger partial charge >= 0.3 is 0 Å². The highest BCUT2D eigenvalue weighted by atomic mass is 32.1. The van der Waals surface area contributed by atoms with Crippen LogP contribution in [0.4, 0.5) is 11.4 Å². The van der Waals surface area contributed by atoms with E-state index in [9.17, 15) is 5.11 Å². The number of ether oxygens (including phenoxy) is 1. The molecule has 1 aromatic carbocycles. The number of rotatable bonds is 3. The molecule has 102 valence electrons. The number of aliphatic hydroxyl groups excluding tert-OH is 1. The molecule has 4 N–H and O–H groups in total. The molecule has 0 unspecified atom stereocenters. The fraction of sp³-hybridized carbons (Fsp3) is 0.462. The Morgan fingerprint density at radius 2 is 2.21 bits per heavy atom. The predicted molar refractivity (Wildman–Crippen MR) is 77.5 cm³/mol. The quantitative estimate of drug-likeness (QED) is 0.747. The van der Waals surface area contributed by atoms with Gasteiger partial charge in [0.1, 0.15) is 5.52 Å². The van der Waals surface area contributed by atoms with Gasteiger partial charge in [0.05, 0.1) is 33.7 Å². The van der Waals surface area contributed by atoms with Crippen LogP contribution in [0.2, 0.25) is 0 Å². The van der Waals surface area contributed by atoms with E-state index in [0.29, 0.717) is 18.9 Å². The van der Waals surface area contributed by atoms with Crippen LogP contribution >= 0.6 is 11.3 Å². The van der Waals surface area contributed by atoms with Gasteiger partial charge < -0.3 is 20.9 Å². The monoisotopic (exact) mass is 279 g/mol. The smallest absolute Gasteiger partial charge is 0.106 e. The van der Waals surface area contributed by atoms with Crippen LogP contribution in [0.15, 0.2) is 17.6 Å². The maximum atomic E-state index is 9.69. The summed E-state index contributed by atoms with van der Waals surface area (Å²) in [6.45, 7) is 1.39. The van der Waals surface area contributed by atoms with Crippen molar-refractivity contribution in [3.63, 3.8) is 0 Å². The number of nitrogen functional groups attached to an aromatic ring is 1. The van der Waals surface area contributed by atoms with Crippen molar-refractivity contribution < 1.29 is 9.84 Å². The molecule has 0 amide bonds. The largest absolute Gasteiger partial charge is 0.395 e. The summed E-state index contributed by atoms with van der Waals surface area (Å²) in [4.78, 5) is 4.29. The standard InChI is InChI=1S/C13H17N3O2S/c14-11-9(1-2-10-12(11)15-8-19-10)16-13(7-17)3-5-18-6-4-13/h1-2,8,16-17H,3-7,14H2. The first-order valence-corrected chi connectivity index (χ1v) is 7.20. The summed E-state index contributed by atoms with van der Waals surface area (Å²) in [5, 5.41) is 13.1. The minimum Gasteiger partial charge on any atom is -0.395 e. The van der Waals surface area contributed by atoms with Crippen molar-refractivity contribution in [1.82, 2.24) is 4.98 Å². The summed E-state index contributed by atoms with van der Waals surface area (Å²) in [5.74, 6) is 0. The Balaban J connectivity index is 1.93. The maximum Gasteiger partial charge on any atom is 0.106 e. The van der Waals surface area contributed by atoms with Gasteiger partial charge in [-0.3, -0.25) is 0 Å². The van der Waals surface area contributed by atoms with E-state index in [0.717, 1.165) is 28.7 Å². The number of nitrogens with two attached hydrogens (primary N) is 1. The van der Waals surface area contributed by atoms with Crippen LogP contribution in [-0.4, -0.2) is 35.5 Å². The lowest BCUT2D eigenvalue weighted by Crippen LogP contribution is -2.47. The Labute approximate surface area is 115 Å². The average molecular weight is 279 g/mol. The topological polar surface area (TPSA) is 80.4 Å². The van der Waals surface area contributed by atoms with Gasteiger partial charge in [0, 0.05) is 13.2 Å². The summed E-state index contributed by atoms with van der Waals surface area (Å²) in [6, 6.07) is 3.97. The number of hydrogen-bond acceptors (Lipinski definition) is 6. The van der Waals surface area contributed by atoms with Crippen molar-refractivity contribution in [1.29, 1.82) is 0 Å². The van der Waals surface area contributed by atoms with Gasteiger partial charge in [-0.25, -0.2) is 4.98 Å². The van der Waals surface area contributed by atoms with Crippen LogP contribution in [-0.2, 0) is 4.74 Å². The molecule has 2 aromatic rings. The summed E-state index contributed by atoms with van der Waals surface area (Å²) >= 11 is 1.57. The van der Waals surface area contributed by atoms with Crippen LogP contribution < -0.4 is 11.1 Å². The van der Waals surface area contributed by atoms with Crippen molar-refractivity contribution in [2.45, 2.75) is 18.4 Å². The Morgan fingerprint density at radius 3 is 2.95 bits per heavy atom. The lowest BCUT2D eigenvalue weighted by molar-refractivity contribution is 0.0380. The van der Waals surface area contributed by atoms with Crippen molar-refractivity contribution in [3.8, 4) is 0 Å². The number of aromatic nitrogens is 1. The van der Waals surface area contributed by atoms with Gasteiger partial charge in [-0.05, 0) is 25.0 Å². The van der Waals surface area contributed by atoms with Gasteiger partial charge in [0.2, 0.25) is 0 Å². The second-order valence-corrected chi connectivity index (χ2v) is 5.79. The number of hydrogen-bond donors (Lipinski definition) is 3. The molecular formula is C13H17N3O2S. The zero-order chi connectivity index (χ0) is 13.3. The van der Waals surface area contributed by atoms with Crippen LogP contribution in [0.5, 0.6) is 0 Å². The third kappa shape index (κ3) is 2.27. The van der Waals surface area contributed by atoms with Gasteiger partial charge in [-0.1, -0.05) is 0 Å². The maximum absolute atomic E-state index is 9.69. The Hall–Kier alpha value is -1.37. The van der Waals surface area contributed by atoms with Crippen molar-refractivity contribution in [2.75, 3.05) is 30.9 Å². The van der Waals surface area contributed by atoms with E-state index < -0.39 is 0 Å². The molecule has 1 aromatic heterocycles. The second-order valence-electron chi connectivity index (χ2n) is 4.90. The van der Waals surface area contributed by atoms with E-state index in [-0.39, 0.29) is 12.1 Å². The number of benzene rings is 1. The molecule has 2 heterocycles. The summed E-state index contributed by atoms with van der Waals surface area (Å²) < 4.78 is 6.44. The lowest BCUT2D eigenvalue weighted by Gasteiger charge is -2.37. The minimum absolute atomic E-state index is 0.0743. The summed E-state index contributed by atoms with van der Waals surface area (Å²) in [6.07, 6.45) is 1.55. The number of nitrogens with zero attached hydrogens (tertiary/aromatic N) is 1. The average Bonchev–Trinajstić information content (AvgIpc) is 2.92. The highest BCUT2D eigenvalue weighted by Gasteiger charge is 2.32. The van der Waals surface area contributed by atoms with E-state index in [2.05, 4.69) is 10.3 Å². The molecule has 1 fully saturated rings. The molecule has 19 heavy (non-hydrogen) atoms. The fourth-order valence-corrected chi connectivity index (χ4v) is 3.12. The second kappa shape index (κ2) is 4.96. The number of thiazole rings is 1. The number of nitrogens with one attached hydrogen (secondary N) is 1. The van der Waals surface area contributed by atoms with E-state index in [1.807, 2.05) is 12.1 Å². The zero-order valence-corrected chi connectivity index (χ0v) is 11.4. The molecule has 0 atom stereocenters. The van der Waals surface area contributed by atoms with Gasteiger partial charge in [-0.15, -0.1) is 11.3 Å². The van der Waals surface area contributed by atoms with Crippen LogP contribution in [0.3, 0.4) is 0 Å². The highest BCUT2D eigenvalue weighted by molar-refractivity contribution is 7.16. The highest BCUT2D eigenvalue weighted by Crippen LogP contribution is 2.34. The van der Waals surface area contributed by atoms with Crippen molar-refractivity contribution in [2.24, 2.45) is 0 Å². The first kappa shape index (κ1) is 12.7. The molecule has 5 nitrogen and oxygen atoms in total. The SMILES string of the molecule is Nc1c(NC2(CO)CCOCC2)ccc2scnc12. The van der Waals surface area contributed by atoms with Crippen LogP contribution in [0.1, 0.15) is 12.8 Å². The normalized spacial score (nSPS) is 18.6. The molecule has 0 aliphatic carbocycles. The molecule has 3 rings (SSSR count). The number of aliphatic hydroxyl groups is 1. The zero-order valence-electron chi connectivity index (χ0n) is 10.6. The summed E-state index contributed by atoms with van der Waals surface area (Å²) in [5.41, 5.74) is 9.94. The summed E-state index contributed by atoms with van der Waals surface area (Å²) in [7, 11) is 0. The lowest BCUT2D eigenvalue weighted by atomic mass is 9.90. The van der Waals surface area contributed by atoms with Crippen LogP contribution in [0, 0.1) is 0 Å². The first-order valence-electron chi connectivity index (χ1n) is 6.33. The van der Waals surface area contributed by atoms with Gasteiger partial charge in [-0.2, -0.15) is 0 Å². The third-order valence-corrected chi connectivity index (χ3v) is 4.49. The fourth-order valence-electron chi connectivity index (χ4n) is 2.43. The predicted octanol–water partition coefficient (Wildman–Crippen LogP) is 1.83. The molecule has 0 saturated carbocycles. The van der Waals surface area contributed by atoms with E-state index in [1.54, 1.807) is 16.8 Å². The Kier molecular flexibility index (Phi) is 3.30. The van der Waals surface area contributed by atoms with Crippen molar-refractivity contribution >= 4 is 32.9 Å². The molecule has 1 saturated heterocycles. The molecule has 0 bridgehead atoms. The molecule has 0 radical (unpaired) electrons. The minimum atomic E-state index is -0.337. The molecule has 0 spiro atoms. The van der Waals surface area contributed by atoms with Gasteiger partial charge in [0.15, 0.2) is 0 Å². The van der Waals surface area contributed by atoms with Gasteiger partial charge in [0.25, 0.3) is 0 Å². The molecule has 1 aliphatic heterocycles. The van der Waals surface area contributed by atoms with Crippen LogP contribution in [0.25, 0.3) is 10.2 Å². The molecular weight excluding hydrogens is 262 g/mol. The van der Waals surface area contributed by atoms with Crippen molar-refractivity contribution in [3.05, 3.63) is 17.6 Å². The number of anilines is 2. The molecule has 6 heteroatoms. The Bertz CT molecular complexity index is 578.